The Hall–Kier alpha value is -3.97. The van der Waals surface area contributed by atoms with Gasteiger partial charge in [-0.2, -0.15) is 10.0 Å². The van der Waals surface area contributed by atoms with E-state index in [1.54, 1.807) is 18.2 Å². The van der Waals surface area contributed by atoms with Crippen LogP contribution in [0.5, 0.6) is 5.75 Å². The zero-order valence-corrected chi connectivity index (χ0v) is 18.7. The number of morpholine rings is 1. The van der Waals surface area contributed by atoms with Crippen LogP contribution < -0.4 is 4.74 Å². The number of nitro groups is 1. The maximum atomic E-state index is 12.7. The normalized spacial score (nSPS) is 19.3. The van der Waals surface area contributed by atoms with Crippen LogP contribution in [0, 0.1) is 15.5 Å². The van der Waals surface area contributed by atoms with Gasteiger partial charge in [0.05, 0.1) is 42.4 Å². The largest absolute Gasteiger partial charge is 0.497 e. The van der Waals surface area contributed by atoms with Gasteiger partial charge in [0.25, 0.3) is 11.6 Å². The highest BCUT2D eigenvalue weighted by molar-refractivity contribution is 8.26. The summed E-state index contributed by atoms with van der Waals surface area (Å²) in [6.45, 7) is 2.51. The molecule has 0 radical (unpaired) electrons. The molecule has 34 heavy (non-hydrogen) atoms. The summed E-state index contributed by atoms with van der Waals surface area (Å²) >= 11 is 1.24. The number of rotatable bonds is 4. The Morgan fingerprint density at radius 3 is 2.76 bits per heavy atom. The number of carbonyl (C=O) groups excluding carboxylic acids is 1. The number of hydrazone groups is 1. The van der Waals surface area contributed by atoms with E-state index >= 15 is 0 Å². The Morgan fingerprint density at radius 2 is 2.03 bits per heavy atom. The molecule has 13 heteroatoms. The highest BCUT2D eigenvalue weighted by Gasteiger charge is 2.37. The van der Waals surface area contributed by atoms with Gasteiger partial charge in [-0.15, -0.1) is 5.10 Å². The van der Waals surface area contributed by atoms with Crippen molar-refractivity contribution >= 4 is 45.6 Å². The molecule has 1 aromatic carbocycles. The second-order valence-electron chi connectivity index (χ2n) is 7.34. The minimum atomic E-state index is -0.587. The van der Waals surface area contributed by atoms with Crippen LogP contribution in [0.3, 0.4) is 0 Å². The Labute approximate surface area is 197 Å². The Morgan fingerprint density at radius 1 is 1.24 bits per heavy atom. The lowest BCUT2D eigenvalue weighted by atomic mass is 10.1. The van der Waals surface area contributed by atoms with Gasteiger partial charge in [-0.25, -0.2) is 0 Å². The molecule has 1 aromatic heterocycles. The molecule has 0 aliphatic carbocycles. The Bertz CT molecular complexity index is 1290. The second kappa shape index (κ2) is 8.76. The van der Waals surface area contributed by atoms with Crippen LogP contribution in [-0.2, 0) is 9.53 Å². The van der Waals surface area contributed by atoms with E-state index in [4.69, 9.17) is 19.3 Å². The van der Waals surface area contributed by atoms with E-state index in [9.17, 15) is 14.9 Å². The summed E-state index contributed by atoms with van der Waals surface area (Å²) < 4.78 is 16.2. The summed E-state index contributed by atoms with van der Waals surface area (Å²) in [7, 11) is 1.42. The lowest BCUT2D eigenvalue weighted by Crippen LogP contribution is -2.39. The maximum absolute atomic E-state index is 12.7. The van der Waals surface area contributed by atoms with E-state index in [1.807, 2.05) is 4.90 Å². The highest BCUT2D eigenvalue weighted by Crippen LogP contribution is 2.35. The topological polar surface area (TPSA) is 147 Å². The summed E-state index contributed by atoms with van der Waals surface area (Å²) in [5.74, 6) is 0.120. The molecule has 3 aliphatic rings. The number of carbonyl (C=O) groups is 1. The van der Waals surface area contributed by atoms with Crippen molar-refractivity contribution in [3.63, 3.8) is 0 Å². The summed E-state index contributed by atoms with van der Waals surface area (Å²) in [4.78, 5) is 29.7. The van der Waals surface area contributed by atoms with Crippen LogP contribution in [0.25, 0.3) is 17.4 Å². The first-order valence-electron chi connectivity index (χ1n) is 10.2. The molecule has 1 N–H and O–H groups in total. The van der Waals surface area contributed by atoms with Crippen molar-refractivity contribution in [1.82, 2.24) is 9.91 Å². The van der Waals surface area contributed by atoms with E-state index in [-0.39, 0.29) is 34.2 Å². The van der Waals surface area contributed by atoms with Crippen molar-refractivity contribution in [2.45, 2.75) is 0 Å². The number of thioether (sulfide) groups is 1. The molecule has 174 valence electrons. The van der Waals surface area contributed by atoms with Crippen LogP contribution in [0.15, 0.2) is 50.4 Å². The lowest BCUT2D eigenvalue weighted by molar-refractivity contribution is -0.384. The fourth-order valence-electron chi connectivity index (χ4n) is 3.58. The van der Waals surface area contributed by atoms with Crippen LogP contribution in [0.1, 0.15) is 5.76 Å². The highest BCUT2D eigenvalue weighted by atomic mass is 32.2. The lowest BCUT2D eigenvalue weighted by Gasteiger charge is -2.26. The summed E-state index contributed by atoms with van der Waals surface area (Å²) in [5, 5.41) is 26.8. The molecule has 1 fully saturated rings. The quantitative estimate of drug-likeness (QED) is 0.395. The molecule has 1 amide bonds. The van der Waals surface area contributed by atoms with E-state index < -0.39 is 10.8 Å². The molecule has 0 bridgehead atoms. The molecule has 1 saturated heterocycles. The minimum absolute atomic E-state index is 0.00135. The van der Waals surface area contributed by atoms with Crippen molar-refractivity contribution in [1.29, 1.82) is 5.41 Å². The number of aliphatic imine (C=N–C) groups is 1. The number of hydrogen-bond acceptors (Lipinski definition) is 10. The standard InChI is InChI=1S/C21H18N6O6S/c1-31-12-2-4-14(16(11-12)27(29)30)17-5-3-13(33-17)10-15-18(22)26-20(23-19(15)28)34-21(24-26)25-6-8-32-9-7-25/h2-5,10-11,22H,6-9H2,1H3/b15-10-,22-18?. The Kier molecular flexibility index (Phi) is 5.63. The molecule has 0 saturated carbocycles. The number of amides is 1. The van der Waals surface area contributed by atoms with Gasteiger partial charge in [0, 0.05) is 13.1 Å². The molecular weight excluding hydrogens is 464 g/mol. The molecule has 12 nitrogen and oxygen atoms in total. The zero-order chi connectivity index (χ0) is 23.8. The van der Waals surface area contributed by atoms with Crippen molar-refractivity contribution in [3.05, 3.63) is 51.8 Å². The molecule has 3 aliphatic heterocycles. The number of nitrogens with one attached hydrogen (secondary N) is 1. The van der Waals surface area contributed by atoms with Crippen molar-refractivity contribution in [2.75, 3.05) is 33.4 Å². The number of benzene rings is 1. The maximum Gasteiger partial charge on any atom is 0.284 e. The summed E-state index contributed by atoms with van der Waals surface area (Å²) in [6.07, 6.45) is 1.39. The number of methoxy groups -OCH3 is 1. The fourth-order valence-corrected chi connectivity index (χ4v) is 4.52. The first-order valence-corrected chi connectivity index (χ1v) is 11.0. The Balaban J connectivity index is 1.42. The van der Waals surface area contributed by atoms with Gasteiger partial charge in [0.1, 0.15) is 17.3 Å². The minimum Gasteiger partial charge on any atom is -0.497 e. The third kappa shape index (κ3) is 3.95. The van der Waals surface area contributed by atoms with Gasteiger partial charge >= 0.3 is 0 Å². The van der Waals surface area contributed by atoms with Crippen LogP contribution >= 0.6 is 11.8 Å². The van der Waals surface area contributed by atoms with Gasteiger partial charge in [-0.3, -0.25) is 20.3 Å². The predicted molar refractivity (Wildman–Crippen MR) is 125 cm³/mol. The molecule has 0 atom stereocenters. The second-order valence-corrected chi connectivity index (χ2v) is 8.28. The zero-order valence-electron chi connectivity index (χ0n) is 17.9. The number of furan rings is 1. The number of nitro benzene ring substituents is 1. The number of fused-ring (bicyclic) bond motifs is 1. The molecular formula is C21H18N6O6S. The molecule has 2 aromatic rings. The average molecular weight is 482 g/mol. The first kappa shape index (κ1) is 21.9. The monoisotopic (exact) mass is 482 g/mol. The van der Waals surface area contributed by atoms with Gasteiger partial charge in [0.15, 0.2) is 11.0 Å². The molecule has 4 heterocycles. The third-order valence-corrected chi connectivity index (χ3v) is 6.28. The van der Waals surface area contributed by atoms with Gasteiger partial charge < -0.3 is 18.8 Å². The van der Waals surface area contributed by atoms with E-state index in [1.165, 1.54) is 42.1 Å². The smallest absolute Gasteiger partial charge is 0.284 e. The van der Waals surface area contributed by atoms with E-state index in [2.05, 4.69) is 10.1 Å². The summed E-state index contributed by atoms with van der Waals surface area (Å²) in [6, 6.07) is 7.56. The molecule has 5 rings (SSSR count). The SMILES string of the molecule is COc1ccc(-c2ccc(/C=C3/C(=N)N4N=C(N5CCOCC5)SC4=NC3=O)o2)c([N+](=O)[O-])c1. The van der Waals surface area contributed by atoms with Gasteiger partial charge in [-0.05, 0) is 42.1 Å². The third-order valence-electron chi connectivity index (χ3n) is 5.31. The summed E-state index contributed by atoms with van der Waals surface area (Å²) in [5.41, 5.74) is 0.0839. The molecule has 0 spiro atoms. The van der Waals surface area contributed by atoms with E-state index in [0.717, 1.165) is 0 Å². The fraction of sp³-hybridized carbons (Fsp3) is 0.238. The predicted octanol–water partition coefficient (Wildman–Crippen LogP) is 2.77. The van der Waals surface area contributed by atoms with Crippen molar-refractivity contribution in [3.8, 4) is 17.1 Å². The number of amidine groups is 3. The number of ether oxygens (including phenoxy) is 2. The van der Waals surface area contributed by atoms with Crippen LogP contribution in [-0.4, -0.2) is 70.3 Å². The van der Waals surface area contributed by atoms with Crippen molar-refractivity contribution < 1.29 is 23.6 Å². The molecule has 0 unspecified atom stereocenters. The first-order chi connectivity index (χ1) is 16.4. The number of nitrogens with zero attached hydrogens (tertiary/aromatic N) is 5. The average Bonchev–Trinajstić information content (AvgIpc) is 3.49. The van der Waals surface area contributed by atoms with E-state index in [0.29, 0.717) is 42.4 Å². The van der Waals surface area contributed by atoms with Gasteiger partial charge in [0.2, 0.25) is 5.17 Å². The van der Waals surface area contributed by atoms with Crippen LogP contribution in [0.2, 0.25) is 0 Å². The van der Waals surface area contributed by atoms with Crippen LogP contribution in [0.4, 0.5) is 5.69 Å². The van der Waals surface area contributed by atoms with Crippen molar-refractivity contribution in [2.24, 2.45) is 10.1 Å². The van der Waals surface area contributed by atoms with Gasteiger partial charge in [-0.1, -0.05) is 0 Å². The number of hydrogen-bond donors (Lipinski definition) is 1.